The molecule has 0 aliphatic carbocycles. The van der Waals surface area contributed by atoms with E-state index in [1.165, 1.54) is 0 Å². The highest BCUT2D eigenvalue weighted by atomic mass is 32.1. The lowest BCUT2D eigenvalue weighted by Crippen LogP contribution is -2.34. The molecule has 1 aliphatic rings. The van der Waals surface area contributed by atoms with Crippen LogP contribution in [0.1, 0.15) is 10.4 Å². The van der Waals surface area contributed by atoms with Gasteiger partial charge in [0.1, 0.15) is 10.6 Å². The molecule has 1 aliphatic heterocycles. The van der Waals surface area contributed by atoms with Crippen molar-refractivity contribution in [3.63, 3.8) is 0 Å². The van der Waals surface area contributed by atoms with Crippen LogP contribution in [0.15, 0.2) is 0 Å². The van der Waals surface area contributed by atoms with Crippen LogP contribution in [0.3, 0.4) is 0 Å². The van der Waals surface area contributed by atoms with Gasteiger partial charge < -0.3 is 26.3 Å². The summed E-state index contributed by atoms with van der Waals surface area (Å²) >= 11 is 1.11. The number of carbonyl (C=O) groups excluding carboxylic acids is 1. The van der Waals surface area contributed by atoms with Crippen molar-refractivity contribution in [1.82, 2.24) is 4.37 Å². The van der Waals surface area contributed by atoms with Gasteiger partial charge in [0.15, 0.2) is 5.82 Å². The minimum absolute atomic E-state index is 0.0344. The van der Waals surface area contributed by atoms with Crippen LogP contribution in [0.2, 0.25) is 0 Å². The van der Waals surface area contributed by atoms with Crippen LogP contribution in [0.5, 0.6) is 0 Å². The van der Waals surface area contributed by atoms with Crippen molar-refractivity contribution in [2.75, 3.05) is 37.4 Å². The second-order valence-corrected chi connectivity index (χ2v) is 4.36. The van der Waals surface area contributed by atoms with Gasteiger partial charge in [0.05, 0.1) is 25.9 Å². The first kappa shape index (κ1) is 12.1. The van der Waals surface area contributed by atoms with Gasteiger partial charge in [-0.3, -0.25) is 4.79 Å². The number of nitrogen functional groups attached to an aromatic ring is 1. The van der Waals surface area contributed by atoms with E-state index in [1.807, 2.05) is 0 Å². The molecule has 0 saturated carbocycles. The maximum Gasteiger partial charge on any atom is 0.255 e. The van der Waals surface area contributed by atoms with E-state index in [2.05, 4.69) is 9.69 Å². The Labute approximate surface area is 102 Å². The van der Waals surface area contributed by atoms with Gasteiger partial charge in [-0.15, -0.1) is 0 Å². The van der Waals surface area contributed by atoms with Gasteiger partial charge in [-0.25, -0.2) is 0 Å². The summed E-state index contributed by atoms with van der Waals surface area (Å²) in [6.45, 7) is 2.27. The molecule has 7 nitrogen and oxygen atoms in total. The van der Waals surface area contributed by atoms with Crippen molar-refractivity contribution in [2.24, 2.45) is 5.73 Å². The topological polar surface area (TPSA) is 112 Å². The first-order chi connectivity index (χ1) is 8.18. The smallest absolute Gasteiger partial charge is 0.255 e. The lowest BCUT2D eigenvalue weighted by molar-refractivity contribution is -0.0818. The molecular formula is C9H14N4O3S. The van der Waals surface area contributed by atoms with Gasteiger partial charge in [-0.1, -0.05) is 0 Å². The quantitative estimate of drug-likeness (QED) is 0.680. The third-order valence-electron chi connectivity index (χ3n) is 2.34. The number of nitrogens with one attached hydrogen (secondary N) is 1. The zero-order valence-corrected chi connectivity index (χ0v) is 9.96. The highest BCUT2D eigenvalue weighted by Crippen LogP contribution is 2.26. The molecule has 94 valence electrons. The number of hydrogen-bond donors (Lipinski definition) is 3. The van der Waals surface area contributed by atoms with Crippen LogP contribution < -0.4 is 16.8 Å². The highest BCUT2D eigenvalue weighted by molar-refractivity contribution is 7.11. The molecule has 5 N–H and O–H groups in total. The predicted molar refractivity (Wildman–Crippen MR) is 64.1 cm³/mol. The number of nitrogens with two attached hydrogens (primary N) is 2. The van der Waals surface area contributed by atoms with Crippen LogP contribution >= 0.6 is 11.5 Å². The van der Waals surface area contributed by atoms with Crippen LogP contribution in [-0.2, 0) is 9.47 Å². The summed E-state index contributed by atoms with van der Waals surface area (Å²) in [5.41, 5.74) is 11.0. The van der Waals surface area contributed by atoms with E-state index in [0.29, 0.717) is 31.4 Å². The number of nitrogens with zero attached hydrogens (tertiary/aromatic N) is 1. The number of hydrogen-bond acceptors (Lipinski definition) is 7. The van der Waals surface area contributed by atoms with E-state index < -0.39 is 5.91 Å². The molecule has 8 heteroatoms. The van der Waals surface area contributed by atoms with E-state index >= 15 is 0 Å². The van der Waals surface area contributed by atoms with Gasteiger partial charge in [0.25, 0.3) is 5.91 Å². The van der Waals surface area contributed by atoms with E-state index in [0.717, 1.165) is 11.5 Å². The number of primary amides is 1. The number of anilines is 2. The summed E-state index contributed by atoms with van der Waals surface area (Å²) in [5.74, 6) is -0.426. The molecular weight excluding hydrogens is 244 g/mol. The van der Waals surface area contributed by atoms with Gasteiger partial charge in [-0.05, 0) is 11.5 Å². The Balaban J connectivity index is 1.96. The number of rotatable bonds is 4. The number of ether oxygens (including phenoxy) is 2. The fourth-order valence-corrected chi connectivity index (χ4v) is 2.25. The molecule has 1 fully saturated rings. The third-order valence-corrected chi connectivity index (χ3v) is 3.16. The number of aromatic nitrogens is 1. The van der Waals surface area contributed by atoms with Crippen LogP contribution in [-0.4, -0.2) is 42.8 Å². The van der Waals surface area contributed by atoms with Crippen LogP contribution in [0.4, 0.5) is 10.8 Å². The Morgan fingerprint density at radius 2 is 2.41 bits per heavy atom. The van der Waals surface area contributed by atoms with Crippen LogP contribution in [0.25, 0.3) is 0 Å². The first-order valence-corrected chi connectivity index (χ1v) is 5.94. The molecule has 1 aromatic rings. The fourth-order valence-electron chi connectivity index (χ4n) is 1.52. The monoisotopic (exact) mass is 258 g/mol. The lowest BCUT2D eigenvalue weighted by Gasteiger charge is -2.23. The number of amides is 1. The Morgan fingerprint density at radius 3 is 3.06 bits per heavy atom. The molecule has 1 saturated heterocycles. The maximum absolute atomic E-state index is 11.2. The Bertz CT molecular complexity index is 403. The molecule has 2 rings (SSSR count). The van der Waals surface area contributed by atoms with Gasteiger partial charge in [0.2, 0.25) is 0 Å². The van der Waals surface area contributed by atoms with E-state index in [4.69, 9.17) is 20.9 Å². The zero-order valence-electron chi connectivity index (χ0n) is 9.14. The predicted octanol–water partition coefficient (Wildman–Crippen LogP) is -0.349. The summed E-state index contributed by atoms with van der Waals surface area (Å²) in [7, 11) is 0. The average Bonchev–Trinajstić information content (AvgIpc) is 2.69. The van der Waals surface area contributed by atoms with Crippen molar-refractivity contribution < 1.29 is 14.3 Å². The van der Waals surface area contributed by atoms with Gasteiger partial charge in [0, 0.05) is 6.54 Å². The standard InChI is InChI=1S/C9H14N4O3S/c10-7-6(8(11)14)9(17-13-7)12-3-5-4-15-1-2-16-5/h5,12H,1-4H2,(H2,10,13)(H2,11,14). The Morgan fingerprint density at radius 1 is 1.59 bits per heavy atom. The second-order valence-electron chi connectivity index (χ2n) is 3.58. The third kappa shape index (κ3) is 2.84. The van der Waals surface area contributed by atoms with Gasteiger partial charge >= 0.3 is 0 Å². The summed E-state index contributed by atoms with van der Waals surface area (Å²) < 4.78 is 14.6. The zero-order chi connectivity index (χ0) is 12.3. The maximum atomic E-state index is 11.2. The highest BCUT2D eigenvalue weighted by Gasteiger charge is 2.19. The largest absolute Gasteiger partial charge is 0.382 e. The van der Waals surface area contributed by atoms with Crippen molar-refractivity contribution in [1.29, 1.82) is 0 Å². The molecule has 2 heterocycles. The second kappa shape index (κ2) is 5.30. The minimum atomic E-state index is -0.584. The van der Waals surface area contributed by atoms with Crippen molar-refractivity contribution in [3.05, 3.63) is 5.56 Å². The normalized spacial score (nSPS) is 20.1. The summed E-state index contributed by atoms with van der Waals surface area (Å²) in [4.78, 5) is 11.2. The first-order valence-electron chi connectivity index (χ1n) is 5.16. The van der Waals surface area contributed by atoms with Crippen LogP contribution in [0, 0.1) is 0 Å². The fraction of sp³-hybridized carbons (Fsp3) is 0.556. The lowest BCUT2D eigenvalue weighted by atomic mass is 10.3. The van der Waals surface area contributed by atoms with Crippen molar-refractivity contribution in [3.8, 4) is 0 Å². The van der Waals surface area contributed by atoms with Crippen molar-refractivity contribution in [2.45, 2.75) is 6.10 Å². The number of carbonyl (C=O) groups is 1. The molecule has 0 aromatic carbocycles. The average molecular weight is 258 g/mol. The van der Waals surface area contributed by atoms with Gasteiger partial charge in [-0.2, -0.15) is 4.37 Å². The molecule has 0 spiro atoms. The van der Waals surface area contributed by atoms with E-state index in [1.54, 1.807) is 0 Å². The summed E-state index contributed by atoms with van der Waals surface area (Å²) in [5, 5.41) is 3.63. The molecule has 1 atom stereocenters. The molecule has 1 amide bonds. The van der Waals surface area contributed by atoms with E-state index in [9.17, 15) is 4.79 Å². The minimum Gasteiger partial charge on any atom is -0.382 e. The Kier molecular flexibility index (Phi) is 3.77. The SMILES string of the molecule is NC(=O)c1c(N)nsc1NCC1COCCO1. The molecule has 0 radical (unpaired) electrons. The molecule has 1 aromatic heterocycles. The molecule has 17 heavy (non-hydrogen) atoms. The molecule has 0 bridgehead atoms. The van der Waals surface area contributed by atoms with Crippen molar-refractivity contribution >= 4 is 28.3 Å². The summed E-state index contributed by atoms with van der Waals surface area (Å²) in [6.07, 6.45) is -0.0344. The van der Waals surface area contributed by atoms with E-state index in [-0.39, 0.29) is 17.5 Å². The molecule has 1 unspecified atom stereocenters. The Hall–Kier alpha value is -1.38. The summed E-state index contributed by atoms with van der Waals surface area (Å²) in [6, 6.07) is 0.